The first-order valence-electron chi connectivity index (χ1n) is 14.9. The molecule has 0 bridgehead atoms. The third kappa shape index (κ3) is 7.44. The standard InChI is InChI=1S/3C13H9NO2.Er/c3*15-11-7-3-1-5-9(11)13-14-10-6-2-4-8-12(10)16-13;/h3*1-8,15H;/q;;;+3/p-3. The fraction of sp³-hybridized carbons (Fsp3) is 0. The van der Waals surface area contributed by atoms with E-state index in [4.69, 9.17) is 13.3 Å². The van der Waals surface area contributed by atoms with E-state index >= 15 is 0 Å². The smallest absolute Gasteiger partial charge is 0.872 e. The van der Waals surface area contributed by atoms with Crippen LogP contribution in [0.15, 0.2) is 159 Å². The van der Waals surface area contributed by atoms with Gasteiger partial charge in [0, 0.05) is 16.7 Å². The number of aromatic nitrogens is 3. The fourth-order valence-electron chi connectivity index (χ4n) is 4.89. The molecule has 0 N–H and O–H groups in total. The van der Waals surface area contributed by atoms with E-state index < -0.39 is 0 Å². The monoisotopic (exact) mass is 796 g/mol. The normalized spacial score (nSPS) is 10.5. The summed E-state index contributed by atoms with van der Waals surface area (Å²) in [5.41, 5.74) is 5.88. The molecule has 3 aromatic heterocycles. The number of fused-ring (bicyclic) bond motifs is 3. The van der Waals surface area contributed by atoms with Gasteiger partial charge in [0.05, 0.1) is 0 Å². The van der Waals surface area contributed by atoms with Crippen LogP contribution in [0.3, 0.4) is 0 Å². The van der Waals surface area contributed by atoms with Gasteiger partial charge in [0.2, 0.25) is 17.7 Å². The van der Waals surface area contributed by atoms with Crippen LogP contribution in [0, 0.1) is 37.3 Å². The first-order valence-corrected chi connectivity index (χ1v) is 14.9. The van der Waals surface area contributed by atoms with Crippen LogP contribution in [0.2, 0.25) is 0 Å². The Morgan fingerprint density at radius 3 is 0.837 bits per heavy atom. The summed E-state index contributed by atoms with van der Waals surface area (Å²) in [6.45, 7) is 0. The third-order valence-electron chi connectivity index (χ3n) is 7.23. The quantitative estimate of drug-likeness (QED) is 0.175. The van der Waals surface area contributed by atoms with Crippen molar-refractivity contribution in [1.82, 2.24) is 15.0 Å². The maximum atomic E-state index is 11.6. The van der Waals surface area contributed by atoms with Crippen LogP contribution in [-0.4, -0.2) is 15.0 Å². The Bertz CT molecular complexity index is 2110. The van der Waals surface area contributed by atoms with Crippen LogP contribution in [0.25, 0.3) is 67.7 Å². The predicted molar refractivity (Wildman–Crippen MR) is 177 cm³/mol. The summed E-state index contributed by atoms with van der Waals surface area (Å²) in [7, 11) is 0. The summed E-state index contributed by atoms with van der Waals surface area (Å²) in [6.07, 6.45) is 0. The summed E-state index contributed by atoms with van der Waals surface area (Å²) in [6, 6.07) is 42.5. The van der Waals surface area contributed by atoms with Crippen molar-refractivity contribution >= 4 is 33.3 Å². The molecule has 1 radical (unpaired) electrons. The molecule has 0 spiro atoms. The molecule has 9 rings (SSSR count). The zero-order valence-electron chi connectivity index (χ0n) is 25.4. The molecule has 0 atom stereocenters. The topological polar surface area (TPSA) is 147 Å². The Morgan fingerprint density at radius 2 is 0.571 bits per heavy atom. The van der Waals surface area contributed by atoms with E-state index in [0.29, 0.717) is 51.1 Å². The molecule has 0 aliphatic heterocycles. The summed E-state index contributed by atoms with van der Waals surface area (Å²) in [5.74, 6) is 0.919. The van der Waals surface area contributed by atoms with Gasteiger partial charge in [-0.1, -0.05) is 126 Å². The Labute approximate surface area is 309 Å². The van der Waals surface area contributed by atoms with E-state index in [9.17, 15) is 15.3 Å². The largest absolute Gasteiger partial charge is 3.00 e. The zero-order valence-corrected chi connectivity index (χ0v) is 27.3. The van der Waals surface area contributed by atoms with Crippen molar-refractivity contribution in [3.8, 4) is 51.6 Å². The van der Waals surface area contributed by atoms with Crippen molar-refractivity contribution in [1.29, 1.82) is 0 Å². The first kappa shape index (κ1) is 33.3. The molecule has 9 aromatic rings. The van der Waals surface area contributed by atoms with Crippen molar-refractivity contribution in [2.24, 2.45) is 0 Å². The van der Waals surface area contributed by atoms with E-state index in [1.54, 1.807) is 54.6 Å². The average Bonchev–Trinajstić information content (AvgIpc) is 3.86. The van der Waals surface area contributed by atoms with E-state index in [-0.39, 0.29) is 54.6 Å². The average molecular weight is 798 g/mol. The fourth-order valence-corrected chi connectivity index (χ4v) is 4.89. The molecule has 0 unspecified atom stereocenters. The van der Waals surface area contributed by atoms with Crippen molar-refractivity contribution in [3.63, 3.8) is 0 Å². The van der Waals surface area contributed by atoms with Gasteiger partial charge in [-0.3, -0.25) is 0 Å². The Balaban J connectivity index is 0.000000126. The van der Waals surface area contributed by atoms with Crippen LogP contribution in [0.1, 0.15) is 0 Å². The maximum absolute atomic E-state index is 11.6. The number of hydrogen-bond acceptors (Lipinski definition) is 9. The van der Waals surface area contributed by atoms with E-state index in [1.807, 2.05) is 72.8 Å². The van der Waals surface area contributed by atoms with Gasteiger partial charge < -0.3 is 28.6 Å². The molecule has 0 aliphatic rings. The summed E-state index contributed by atoms with van der Waals surface area (Å²) < 4.78 is 16.6. The molecule has 9 nitrogen and oxygen atoms in total. The van der Waals surface area contributed by atoms with Crippen molar-refractivity contribution in [2.45, 2.75) is 0 Å². The van der Waals surface area contributed by atoms with Gasteiger partial charge in [0.15, 0.2) is 16.7 Å². The van der Waals surface area contributed by atoms with Gasteiger partial charge in [-0.25, -0.2) is 15.0 Å². The van der Waals surface area contributed by atoms with Crippen molar-refractivity contribution in [3.05, 3.63) is 146 Å². The van der Waals surface area contributed by atoms with Crippen LogP contribution in [0.4, 0.5) is 0 Å². The van der Waals surface area contributed by atoms with Gasteiger partial charge in [-0.2, -0.15) is 0 Å². The first-order chi connectivity index (χ1) is 23.5. The van der Waals surface area contributed by atoms with Gasteiger partial charge >= 0.3 is 37.3 Å². The number of oxazole rings is 3. The molecule has 243 valence electrons. The summed E-state index contributed by atoms with van der Waals surface area (Å²) >= 11 is 0. The second kappa shape index (κ2) is 15.1. The minimum atomic E-state index is -0.0749. The molecule has 3 heterocycles. The second-order valence-electron chi connectivity index (χ2n) is 10.4. The van der Waals surface area contributed by atoms with Crippen molar-refractivity contribution < 1.29 is 65.9 Å². The predicted octanol–water partition coefficient (Wildman–Crippen LogP) is 7.71. The van der Waals surface area contributed by atoms with Crippen LogP contribution in [0.5, 0.6) is 17.2 Å². The summed E-state index contributed by atoms with van der Waals surface area (Å²) in [4.78, 5) is 12.8. The van der Waals surface area contributed by atoms with Crippen LogP contribution >= 0.6 is 0 Å². The van der Waals surface area contributed by atoms with Crippen LogP contribution in [-0.2, 0) is 0 Å². The Morgan fingerprint density at radius 1 is 0.327 bits per heavy atom. The molecule has 49 heavy (non-hydrogen) atoms. The molecular weight excluding hydrogens is 774 g/mol. The number of rotatable bonds is 3. The number of nitrogens with zero attached hydrogens (tertiary/aromatic N) is 3. The molecule has 0 saturated carbocycles. The van der Waals surface area contributed by atoms with E-state index in [0.717, 1.165) is 16.6 Å². The van der Waals surface area contributed by atoms with Crippen molar-refractivity contribution in [2.75, 3.05) is 0 Å². The minimum Gasteiger partial charge on any atom is -0.872 e. The SMILES string of the molecule is [Er+3].[O-]c1ccccc1-c1nc2ccccc2o1.[O-]c1ccccc1-c1nc2ccccc2o1.[O-]c1ccccc1-c1nc2ccccc2o1. The summed E-state index contributed by atoms with van der Waals surface area (Å²) in [5, 5.41) is 34.8. The van der Waals surface area contributed by atoms with E-state index in [2.05, 4.69) is 15.0 Å². The maximum Gasteiger partial charge on any atom is 3.00 e. The number of benzene rings is 6. The third-order valence-corrected chi connectivity index (χ3v) is 7.23. The Hall–Kier alpha value is -5.62. The second-order valence-corrected chi connectivity index (χ2v) is 10.4. The van der Waals surface area contributed by atoms with Gasteiger partial charge in [0.1, 0.15) is 16.6 Å². The Kier molecular flexibility index (Phi) is 10.2. The molecule has 0 amide bonds. The molecular formula is C39H24ErN3O6. The minimum absolute atomic E-state index is 0. The van der Waals surface area contributed by atoms with Crippen LogP contribution < -0.4 is 15.3 Å². The van der Waals surface area contributed by atoms with E-state index in [1.165, 1.54) is 18.2 Å². The van der Waals surface area contributed by atoms with Gasteiger partial charge in [-0.15, -0.1) is 0 Å². The van der Waals surface area contributed by atoms with Gasteiger partial charge in [-0.05, 0) is 36.4 Å². The molecule has 0 aliphatic carbocycles. The van der Waals surface area contributed by atoms with Gasteiger partial charge in [0.25, 0.3) is 0 Å². The molecule has 0 saturated heterocycles. The zero-order chi connectivity index (χ0) is 32.9. The molecule has 10 heteroatoms. The number of para-hydroxylation sites is 9. The molecule has 6 aromatic carbocycles. The number of hydrogen-bond donors (Lipinski definition) is 0. The molecule has 0 fully saturated rings.